The Morgan fingerprint density at radius 1 is 1.14 bits per heavy atom. The van der Waals surface area contributed by atoms with Crippen molar-refractivity contribution in [1.82, 2.24) is 9.97 Å². The quantitative estimate of drug-likeness (QED) is 0.350. The fraction of sp³-hybridized carbons (Fsp3) is 0.0556. The SMILES string of the molecule is O=C(c1ccc([N+](=O)[O-])s1)N(Cc1ccncc1)c1nc2ccc(F)cc2s1. The monoisotopic (exact) mass is 414 g/mol. The Hall–Kier alpha value is -3.24. The van der Waals surface area contributed by atoms with E-state index in [9.17, 15) is 19.3 Å². The minimum absolute atomic E-state index is 0.112. The summed E-state index contributed by atoms with van der Waals surface area (Å²) in [5, 5.41) is 11.2. The van der Waals surface area contributed by atoms with E-state index in [1.807, 2.05) is 0 Å². The number of carbonyl (C=O) groups excluding carboxylic acids is 1. The van der Waals surface area contributed by atoms with Crippen LogP contribution >= 0.6 is 22.7 Å². The number of aromatic nitrogens is 2. The van der Waals surface area contributed by atoms with Crippen molar-refractivity contribution in [3.05, 3.63) is 81.2 Å². The van der Waals surface area contributed by atoms with Crippen LogP contribution < -0.4 is 4.90 Å². The smallest absolute Gasteiger partial charge is 0.279 e. The minimum Gasteiger partial charge on any atom is -0.279 e. The Morgan fingerprint density at radius 3 is 2.64 bits per heavy atom. The molecule has 0 spiro atoms. The molecule has 28 heavy (non-hydrogen) atoms. The molecule has 1 aromatic carbocycles. The van der Waals surface area contributed by atoms with E-state index in [0.29, 0.717) is 15.3 Å². The van der Waals surface area contributed by atoms with E-state index in [1.165, 1.54) is 40.5 Å². The molecule has 4 aromatic rings. The van der Waals surface area contributed by atoms with Gasteiger partial charge in [0.2, 0.25) is 0 Å². The second-order valence-electron chi connectivity index (χ2n) is 5.75. The number of thiophene rings is 1. The van der Waals surface area contributed by atoms with Crippen molar-refractivity contribution in [3.8, 4) is 0 Å². The Morgan fingerprint density at radius 2 is 1.93 bits per heavy atom. The van der Waals surface area contributed by atoms with Crippen molar-refractivity contribution in [2.75, 3.05) is 4.90 Å². The van der Waals surface area contributed by atoms with E-state index >= 15 is 0 Å². The summed E-state index contributed by atoms with van der Waals surface area (Å²) >= 11 is 1.99. The van der Waals surface area contributed by atoms with Gasteiger partial charge in [-0.05, 0) is 42.0 Å². The number of carbonyl (C=O) groups is 1. The number of benzene rings is 1. The van der Waals surface area contributed by atoms with Crippen LogP contribution in [0.25, 0.3) is 10.2 Å². The Bertz CT molecular complexity index is 1180. The summed E-state index contributed by atoms with van der Waals surface area (Å²) in [6.07, 6.45) is 3.23. The third-order valence-electron chi connectivity index (χ3n) is 3.89. The molecule has 10 heteroatoms. The average molecular weight is 414 g/mol. The van der Waals surface area contributed by atoms with Crippen molar-refractivity contribution in [2.45, 2.75) is 6.54 Å². The van der Waals surface area contributed by atoms with Gasteiger partial charge in [0, 0.05) is 18.5 Å². The van der Waals surface area contributed by atoms with Crippen LogP contribution in [0.3, 0.4) is 0 Å². The number of fused-ring (bicyclic) bond motifs is 1. The number of amides is 1. The molecule has 0 radical (unpaired) electrons. The zero-order chi connectivity index (χ0) is 19.7. The summed E-state index contributed by atoms with van der Waals surface area (Å²) in [5.74, 6) is -0.793. The highest BCUT2D eigenvalue weighted by Crippen LogP contribution is 2.33. The predicted octanol–water partition coefficient (Wildman–Crippen LogP) is 4.65. The lowest BCUT2D eigenvalue weighted by molar-refractivity contribution is -0.380. The van der Waals surface area contributed by atoms with Gasteiger partial charge in [-0.1, -0.05) is 22.7 Å². The van der Waals surface area contributed by atoms with Crippen molar-refractivity contribution < 1.29 is 14.1 Å². The molecular formula is C18H11FN4O3S2. The lowest BCUT2D eigenvalue weighted by Gasteiger charge is -2.19. The van der Waals surface area contributed by atoms with Crippen molar-refractivity contribution in [3.63, 3.8) is 0 Å². The minimum atomic E-state index is -0.533. The first kappa shape index (κ1) is 18.1. The molecule has 0 aliphatic heterocycles. The largest absolute Gasteiger partial charge is 0.324 e. The number of rotatable bonds is 5. The van der Waals surface area contributed by atoms with Crippen LogP contribution in [0.15, 0.2) is 54.9 Å². The van der Waals surface area contributed by atoms with E-state index in [4.69, 9.17) is 0 Å². The van der Waals surface area contributed by atoms with Crippen LogP contribution in [-0.2, 0) is 6.54 Å². The number of hydrogen-bond acceptors (Lipinski definition) is 7. The van der Waals surface area contributed by atoms with E-state index in [0.717, 1.165) is 16.9 Å². The fourth-order valence-electron chi connectivity index (χ4n) is 2.57. The standard InChI is InChI=1S/C18H11FN4O3S2/c19-12-1-2-13-15(9-12)28-18(21-13)22(10-11-5-7-20-8-6-11)17(24)14-3-4-16(27-14)23(25)26/h1-9H,10H2. The first-order chi connectivity index (χ1) is 13.5. The lowest BCUT2D eigenvalue weighted by Crippen LogP contribution is -2.29. The molecule has 0 saturated heterocycles. The average Bonchev–Trinajstić information content (AvgIpc) is 3.33. The summed E-state index contributed by atoms with van der Waals surface area (Å²) in [4.78, 5) is 33.6. The summed E-state index contributed by atoms with van der Waals surface area (Å²) < 4.78 is 14.1. The molecule has 0 aliphatic carbocycles. The number of halogens is 1. The van der Waals surface area contributed by atoms with Gasteiger partial charge < -0.3 is 0 Å². The van der Waals surface area contributed by atoms with Gasteiger partial charge in [0.25, 0.3) is 5.91 Å². The number of thiazole rings is 1. The maximum absolute atomic E-state index is 13.5. The summed E-state index contributed by atoms with van der Waals surface area (Å²) in [5.41, 5.74) is 1.39. The van der Waals surface area contributed by atoms with Gasteiger partial charge in [-0.3, -0.25) is 24.8 Å². The fourth-order valence-corrected chi connectivity index (χ4v) is 4.33. The molecule has 0 unspecified atom stereocenters. The number of anilines is 1. The molecule has 3 heterocycles. The molecule has 140 valence electrons. The molecule has 0 aliphatic rings. The molecule has 1 amide bonds. The highest BCUT2D eigenvalue weighted by molar-refractivity contribution is 7.22. The molecule has 0 atom stereocenters. The molecular weight excluding hydrogens is 403 g/mol. The van der Waals surface area contributed by atoms with Crippen molar-refractivity contribution in [2.24, 2.45) is 0 Å². The highest BCUT2D eigenvalue weighted by Gasteiger charge is 2.25. The number of nitro groups is 1. The number of nitrogens with zero attached hydrogens (tertiary/aromatic N) is 4. The van der Waals surface area contributed by atoms with Crippen LogP contribution in [0, 0.1) is 15.9 Å². The third-order valence-corrected chi connectivity index (χ3v) is 5.95. The Kier molecular flexibility index (Phi) is 4.80. The van der Waals surface area contributed by atoms with E-state index < -0.39 is 10.8 Å². The molecule has 4 rings (SSSR count). The first-order valence-electron chi connectivity index (χ1n) is 8.02. The van der Waals surface area contributed by atoms with Crippen LogP contribution in [0.5, 0.6) is 0 Å². The van der Waals surface area contributed by atoms with Gasteiger partial charge in [-0.25, -0.2) is 9.37 Å². The van der Waals surface area contributed by atoms with Crippen LogP contribution in [-0.4, -0.2) is 20.8 Å². The molecule has 0 fully saturated rings. The highest BCUT2D eigenvalue weighted by atomic mass is 32.1. The zero-order valence-corrected chi connectivity index (χ0v) is 15.7. The molecule has 0 bridgehead atoms. The third kappa shape index (κ3) is 3.59. The molecule has 0 saturated carbocycles. The van der Waals surface area contributed by atoms with Crippen LogP contribution in [0.2, 0.25) is 0 Å². The molecule has 0 N–H and O–H groups in total. The maximum Gasteiger partial charge on any atom is 0.324 e. The summed E-state index contributed by atoms with van der Waals surface area (Å²) in [7, 11) is 0. The van der Waals surface area contributed by atoms with E-state index in [1.54, 1.807) is 30.6 Å². The van der Waals surface area contributed by atoms with E-state index in [2.05, 4.69) is 9.97 Å². The van der Waals surface area contributed by atoms with Crippen molar-refractivity contribution >= 4 is 48.9 Å². The summed E-state index contributed by atoms with van der Waals surface area (Å²) in [6.45, 7) is 0.204. The van der Waals surface area contributed by atoms with Gasteiger partial charge >= 0.3 is 5.00 Å². The van der Waals surface area contributed by atoms with Crippen LogP contribution in [0.4, 0.5) is 14.5 Å². The first-order valence-corrected chi connectivity index (χ1v) is 9.65. The lowest BCUT2D eigenvalue weighted by atomic mass is 10.2. The normalized spacial score (nSPS) is 10.9. The molecule has 3 aromatic heterocycles. The van der Waals surface area contributed by atoms with Gasteiger partial charge in [-0.2, -0.15) is 0 Å². The van der Waals surface area contributed by atoms with Gasteiger partial charge in [0.05, 0.1) is 26.6 Å². The van der Waals surface area contributed by atoms with Gasteiger partial charge in [0.15, 0.2) is 5.13 Å². The Labute approximate surface area is 165 Å². The van der Waals surface area contributed by atoms with Crippen LogP contribution in [0.1, 0.15) is 15.2 Å². The second kappa shape index (κ2) is 7.41. The van der Waals surface area contributed by atoms with E-state index in [-0.39, 0.29) is 22.2 Å². The second-order valence-corrected chi connectivity index (χ2v) is 7.82. The number of pyridine rings is 1. The Balaban J connectivity index is 1.75. The maximum atomic E-state index is 13.5. The molecule has 7 nitrogen and oxygen atoms in total. The zero-order valence-electron chi connectivity index (χ0n) is 14.1. The van der Waals surface area contributed by atoms with Gasteiger partial charge in [0.1, 0.15) is 5.82 Å². The predicted molar refractivity (Wildman–Crippen MR) is 105 cm³/mol. The summed E-state index contributed by atoms with van der Waals surface area (Å²) in [6, 6.07) is 10.5. The number of hydrogen-bond donors (Lipinski definition) is 0. The van der Waals surface area contributed by atoms with Gasteiger partial charge in [-0.15, -0.1) is 0 Å². The van der Waals surface area contributed by atoms with Crippen molar-refractivity contribution in [1.29, 1.82) is 0 Å². The topological polar surface area (TPSA) is 89.2 Å².